The monoisotopic (exact) mass is 139 g/mol. The molecule has 0 saturated heterocycles. The van der Waals surface area contributed by atoms with E-state index in [1.165, 1.54) is 0 Å². The summed E-state index contributed by atoms with van der Waals surface area (Å²) >= 11 is 0. The second kappa shape index (κ2) is 2.45. The zero-order valence-electron chi connectivity index (χ0n) is 6.72. The Labute approximate surface area is 61.6 Å². The predicted octanol–water partition coefficient (Wildman–Crippen LogP) is 1.97. The minimum atomic E-state index is 0.0660. The molecule has 0 fully saturated rings. The van der Waals surface area contributed by atoms with Crippen LogP contribution in [-0.4, -0.2) is 12.3 Å². The highest BCUT2D eigenvalue weighted by Crippen LogP contribution is 2.21. The Morgan fingerprint density at radius 1 is 1.60 bits per heavy atom. The molecule has 0 bridgehead atoms. The van der Waals surface area contributed by atoms with Gasteiger partial charge in [0.05, 0.1) is 5.71 Å². The summed E-state index contributed by atoms with van der Waals surface area (Å²) in [6, 6.07) is 0. The first-order chi connectivity index (χ1) is 4.63. The van der Waals surface area contributed by atoms with Gasteiger partial charge < -0.3 is 4.84 Å². The molecule has 0 radical (unpaired) electrons. The lowest BCUT2D eigenvalue weighted by molar-refractivity contribution is 0.174. The topological polar surface area (TPSA) is 21.6 Å². The summed E-state index contributed by atoms with van der Waals surface area (Å²) in [5.74, 6) is 0. The lowest BCUT2D eigenvalue weighted by Gasteiger charge is -2.16. The number of hydrogen-bond donors (Lipinski definition) is 0. The molecule has 56 valence electrons. The smallest absolute Gasteiger partial charge is 0.135 e. The lowest BCUT2D eigenvalue weighted by atomic mass is 9.88. The van der Waals surface area contributed by atoms with E-state index >= 15 is 0 Å². The Bertz CT molecular complexity index is 180. The van der Waals surface area contributed by atoms with Crippen LogP contribution in [0, 0.1) is 5.41 Å². The van der Waals surface area contributed by atoms with Gasteiger partial charge in [-0.05, 0) is 13.0 Å². The van der Waals surface area contributed by atoms with E-state index in [0.717, 1.165) is 5.71 Å². The van der Waals surface area contributed by atoms with Crippen molar-refractivity contribution in [3.63, 3.8) is 0 Å². The van der Waals surface area contributed by atoms with Crippen LogP contribution < -0.4 is 0 Å². The van der Waals surface area contributed by atoms with Crippen molar-refractivity contribution >= 4 is 5.71 Å². The third-order valence-corrected chi connectivity index (χ3v) is 1.84. The standard InChI is InChI=1S/C8H13NO/c1-7-8(2,3)5-4-6-10-9-7/h4-5H,6H2,1-3H3. The van der Waals surface area contributed by atoms with Gasteiger partial charge in [0.1, 0.15) is 6.61 Å². The zero-order chi connectivity index (χ0) is 7.61. The molecule has 0 aromatic carbocycles. The van der Waals surface area contributed by atoms with Crippen molar-refractivity contribution in [2.24, 2.45) is 10.6 Å². The van der Waals surface area contributed by atoms with Gasteiger partial charge in [-0.3, -0.25) is 0 Å². The third-order valence-electron chi connectivity index (χ3n) is 1.84. The van der Waals surface area contributed by atoms with Gasteiger partial charge in [-0.25, -0.2) is 0 Å². The Balaban J connectivity index is 2.86. The van der Waals surface area contributed by atoms with E-state index in [4.69, 9.17) is 4.84 Å². The Kier molecular flexibility index (Phi) is 1.79. The van der Waals surface area contributed by atoms with E-state index in [0.29, 0.717) is 6.61 Å². The second-order valence-electron chi connectivity index (χ2n) is 3.10. The number of rotatable bonds is 0. The molecule has 0 atom stereocenters. The van der Waals surface area contributed by atoms with Crippen LogP contribution >= 0.6 is 0 Å². The van der Waals surface area contributed by atoms with E-state index in [9.17, 15) is 0 Å². The van der Waals surface area contributed by atoms with Crippen molar-refractivity contribution in [1.29, 1.82) is 0 Å². The van der Waals surface area contributed by atoms with Crippen molar-refractivity contribution in [1.82, 2.24) is 0 Å². The lowest BCUT2D eigenvalue weighted by Crippen LogP contribution is -2.17. The summed E-state index contributed by atoms with van der Waals surface area (Å²) in [6.07, 6.45) is 4.12. The summed E-state index contributed by atoms with van der Waals surface area (Å²) in [5, 5.41) is 3.93. The van der Waals surface area contributed by atoms with Gasteiger partial charge in [0.15, 0.2) is 0 Å². The Morgan fingerprint density at radius 2 is 2.30 bits per heavy atom. The van der Waals surface area contributed by atoms with Crippen molar-refractivity contribution in [3.8, 4) is 0 Å². The summed E-state index contributed by atoms with van der Waals surface area (Å²) in [5.41, 5.74) is 1.09. The average molecular weight is 139 g/mol. The van der Waals surface area contributed by atoms with Crippen molar-refractivity contribution in [3.05, 3.63) is 12.2 Å². The van der Waals surface area contributed by atoms with Crippen LogP contribution in [0.25, 0.3) is 0 Å². The maximum absolute atomic E-state index is 4.94. The molecular weight excluding hydrogens is 126 g/mol. The number of hydrogen-bond acceptors (Lipinski definition) is 2. The van der Waals surface area contributed by atoms with Crippen LogP contribution in [0.5, 0.6) is 0 Å². The molecule has 1 aliphatic rings. The molecule has 0 unspecified atom stereocenters. The molecule has 2 heteroatoms. The highest BCUT2D eigenvalue weighted by atomic mass is 16.6. The zero-order valence-corrected chi connectivity index (χ0v) is 6.72. The molecule has 2 nitrogen and oxygen atoms in total. The molecule has 0 saturated carbocycles. The molecule has 0 spiro atoms. The summed E-state index contributed by atoms with van der Waals surface area (Å²) < 4.78 is 0. The number of allylic oxidation sites excluding steroid dienone is 1. The van der Waals surface area contributed by atoms with Crippen molar-refractivity contribution in [2.45, 2.75) is 20.8 Å². The van der Waals surface area contributed by atoms with Gasteiger partial charge in [-0.2, -0.15) is 0 Å². The maximum atomic E-state index is 4.94. The fraction of sp³-hybridized carbons (Fsp3) is 0.625. The number of oxime groups is 1. The van der Waals surface area contributed by atoms with E-state index in [-0.39, 0.29) is 5.41 Å². The summed E-state index contributed by atoms with van der Waals surface area (Å²) in [6.45, 7) is 6.82. The van der Waals surface area contributed by atoms with Gasteiger partial charge in [0.2, 0.25) is 0 Å². The largest absolute Gasteiger partial charge is 0.392 e. The van der Waals surface area contributed by atoms with Gasteiger partial charge in [-0.1, -0.05) is 25.1 Å². The molecule has 0 aliphatic carbocycles. The minimum absolute atomic E-state index is 0.0660. The Morgan fingerprint density at radius 3 is 3.00 bits per heavy atom. The molecule has 1 heterocycles. The van der Waals surface area contributed by atoms with E-state index in [1.54, 1.807) is 0 Å². The summed E-state index contributed by atoms with van der Waals surface area (Å²) in [4.78, 5) is 4.94. The average Bonchev–Trinajstić information content (AvgIpc) is 1.96. The molecule has 1 rings (SSSR count). The Hall–Kier alpha value is -0.790. The van der Waals surface area contributed by atoms with Gasteiger partial charge in [0, 0.05) is 5.41 Å². The number of nitrogens with zero attached hydrogens (tertiary/aromatic N) is 1. The fourth-order valence-electron chi connectivity index (χ4n) is 0.758. The maximum Gasteiger partial charge on any atom is 0.135 e. The normalized spacial score (nSPS) is 22.9. The molecule has 0 aromatic heterocycles. The predicted molar refractivity (Wildman–Crippen MR) is 42.0 cm³/mol. The fourth-order valence-corrected chi connectivity index (χ4v) is 0.758. The van der Waals surface area contributed by atoms with E-state index in [1.807, 2.05) is 13.0 Å². The van der Waals surface area contributed by atoms with Crippen molar-refractivity contribution in [2.75, 3.05) is 6.61 Å². The van der Waals surface area contributed by atoms with Gasteiger partial charge in [-0.15, -0.1) is 0 Å². The second-order valence-corrected chi connectivity index (χ2v) is 3.10. The third kappa shape index (κ3) is 1.38. The molecule has 10 heavy (non-hydrogen) atoms. The van der Waals surface area contributed by atoms with Crippen LogP contribution in [0.2, 0.25) is 0 Å². The highest BCUT2D eigenvalue weighted by Gasteiger charge is 2.19. The highest BCUT2D eigenvalue weighted by molar-refractivity contribution is 5.88. The van der Waals surface area contributed by atoms with E-state index in [2.05, 4.69) is 25.1 Å². The first kappa shape index (κ1) is 7.32. The minimum Gasteiger partial charge on any atom is -0.392 e. The van der Waals surface area contributed by atoms with Crippen LogP contribution in [-0.2, 0) is 4.84 Å². The van der Waals surface area contributed by atoms with Crippen LogP contribution in [0.1, 0.15) is 20.8 Å². The van der Waals surface area contributed by atoms with Gasteiger partial charge in [0.25, 0.3) is 0 Å². The van der Waals surface area contributed by atoms with E-state index < -0.39 is 0 Å². The molecule has 0 amide bonds. The molecule has 0 aromatic rings. The first-order valence-electron chi connectivity index (χ1n) is 3.48. The molecule has 0 N–H and O–H groups in total. The molecular formula is C8H13NO. The van der Waals surface area contributed by atoms with Crippen LogP contribution in [0.4, 0.5) is 0 Å². The SMILES string of the molecule is CC1=NOCC=CC1(C)C. The summed E-state index contributed by atoms with van der Waals surface area (Å²) in [7, 11) is 0. The first-order valence-corrected chi connectivity index (χ1v) is 3.48. The van der Waals surface area contributed by atoms with Gasteiger partial charge >= 0.3 is 0 Å². The van der Waals surface area contributed by atoms with Crippen molar-refractivity contribution < 1.29 is 4.84 Å². The van der Waals surface area contributed by atoms with Crippen LogP contribution in [0.3, 0.4) is 0 Å². The van der Waals surface area contributed by atoms with Crippen LogP contribution in [0.15, 0.2) is 17.3 Å². The molecule has 1 aliphatic heterocycles. The quantitative estimate of drug-likeness (QED) is 0.470.